The van der Waals surface area contributed by atoms with Gasteiger partial charge >= 0.3 is 0 Å². The molecule has 2 fully saturated rings. The molecular weight excluding hydrogens is 337 g/mol. The Balaban J connectivity index is 1.40. The van der Waals surface area contributed by atoms with Gasteiger partial charge in [0.15, 0.2) is 0 Å². The summed E-state index contributed by atoms with van der Waals surface area (Å²) < 4.78 is 21.5. The largest absolute Gasteiger partial charge is 0.475 e. The van der Waals surface area contributed by atoms with Gasteiger partial charge in [-0.1, -0.05) is 0 Å². The predicted molar refractivity (Wildman–Crippen MR) is 94.0 cm³/mol. The Bertz CT molecular complexity index is 769. The average molecular weight is 361 g/mol. The maximum atomic E-state index is 14.0. The van der Waals surface area contributed by atoms with Crippen LogP contribution in [-0.4, -0.2) is 37.6 Å². The van der Waals surface area contributed by atoms with E-state index in [1.807, 2.05) is 17.8 Å². The average Bonchev–Trinajstić information content (AvgIpc) is 3.41. The Morgan fingerprint density at radius 3 is 2.77 bits per heavy atom. The van der Waals surface area contributed by atoms with Crippen LogP contribution < -0.4 is 10.1 Å². The molecule has 7 nitrogen and oxygen atoms in total. The van der Waals surface area contributed by atoms with Gasteiger partial charge in [-0.15, -0.1) is 0 Å². The quantitative estimate of drug-likeness (QED) is 0.822. The van der Waals surface area contributed by atoms with E-state index in [2.05, 4.69) is 20.4 Å². The van der Waals surface area contributed by atoms with Crippen molar-refractivity contribution in [1.82, 2.24) is 19.7 Å². The highest BCUT2D eigenvalue weighted by atomic mass is 19.1. The summed E-state index contributed by atoms with van der Waals surface area (Å²) in [6.45, 7) is 2.32. The maximum Gasteiger partial charge on any atom is 0.255 e. The van der Waals surface area contributed by atoms with Crippen molar-refractivity contribution >= 4 is 11.6 Å². The third-order valence-electron chi connectivity index (χ3n) is 5.07. The molecule has 0 aromatic carbocycles. The third-order valence-corrected chi connectivity index (χ3v) is 5.07. The third kappa shape index (κ3) is 3.95. The minimum atomic E-state index is -0.572. The van der Waals surface area contributed by atoms with Gasteiger partial charge in [0.05, 0.1) is 36.3 Å². The zero-order valence-corrected chi connectivity index (χ0v) is 14.9. The van der Waals surface area contributed by atoms with E-state index in [9.17, 15) is 9.50 Å². The van der Waals surface area contributed by atoms with Gasteiger partial charge in [0, 0.05) is 6.20 Å². The number of halogens is 1. The molecular formula is C18H24FN5O2. The highest BCUT2D eigenvalue weighted by molar-refractivity contribution is 5.55. The standard InChI is InChI=1S/C18H24FN5O2/c1-11-16(9-24(23-11)13-4-5-13)21-18-20-8-15(19)17(22-18)26-10-12-2-6-14(25)7-3-12/h8-9,12-14,25H,2-7,10H2,1H3,(H,20,21,22)/t12-,14-. The fourth-order valence-corrected chi connectivity index (χ4v) is 3.27. The zero-order chi connectivity index (χ0) is 18.1. The van der Waals surface area contributed by atoms with E-state index in [1.165, 1.54) is 0 Å². The van der Waals surface area contributed by atoms with Crippen LogP contribution in [-0.2, 0) is 0 Å². The maximum absolute atomic E-state index is 14.0. The summed E-state index contributed by atoms with van der Waals surface area (Å²) in [6.07, 6.45) is 8.49. The Kier molecular flexibility index (Phi) is 4.76. The van der Waals surface area contributed by atoms with E-state index < -0.39 is 5.82 Å². The normalized spacial score (nSPS) is 23.0. The molecule has 26 heavy (non-hydrogen) atoms. The minimum Gasteiger partial charge on any atom is -0.475 e. The highest BCUT2D eigenvalue weighted by Crippen LogP contribution is 2.35. The van der Waals surface area contributed by atoms with Crippen molar-refractivity contribution in [3.8, 4) is 5.88 Å². The number of aromatic nitrogens is 4. The first-order valence-electron chi connectivity index (χ1n) is 9.24. The van der Waals surface area contributed by atoms with Crippen LogP contribution in [0.1, 0.15) is 50.3 Å². The molecule has 2 aromatic rings. The molecule has 2 heterocycles. The van der Waals surface area contributed by atoms with E-state index in [4.69, 9.17) is 4.74 Å². The summed E-state index contributed by atoms with van der Waals surface area (Å²) >= 11 is 0. The minimum absolute atomic E-state index is 0.0409. The van der Waals surface area contributed by atoms with Crippen molar-refractivity contribution in [1.29, 1.82) is 0 Å². The smallest absolute Gasteiger partial charge is 0.255 e. The van der Waals surface area contributed by atoms with Crippen molar-refractivity contribution < 1.29 is 14.2 Å². The molecule has 2 aromatic heterocycles. The summed E-state index contributed by atoms with van der Waals surface area (Å²) in [7, 11) is 0. The number of anilines is 2. The van der Waals surface area contributed by atoms with Crippen molar-refractivity contribution in [2.75, 3.05) is 11.9 Å². The number of rotatable bonds is 6. The molecule has 0 amide bonds. The van der Waals surface area contributed by atoms with Crippen LogP contribution in [0.15, 0.2) is 12.4 Å². The van der Waals surface area contributed by atoms with Gasteiger partial charge in [0.25, 0.3) is 5.88 Å². The highest BCUT2D eigenvalue weighted by Gasteiger charge is 2.25. The van der Waals surface area contributed by atoms with Crippen molar-refractivity contribution in [2.24, 2.45) is 5.92 Å². The van der Waals surface area contributed by atoms with Gasteiger partial charge in [0.2, 0.25) is 11.8 Å². The zero-order valence-electron chi connectivity index (χ0n) is 14.9. The molecule has 0 spiro atoms. The van der Waals surface area contributed by atoms with Crippen LogP contribution in [0.4, 0.5) is 16.0 Å². The first-order valence-corrected chi connectivity index (χ1v) is 9.24. The SMILES string of the molecule is Cc1nn(C2CC2)cc1Nc1ncc(F)c(OC[C@H]2CC[C@H](O)CC2)n1. The molecule has 2 aliphatic carbocycles. The monoisotopic (exact) mass is 361 g/mol. The number of hydrogen-bond acceptors (Lipinski definition) is 6. The Hall–Kier alpha value is -2.22. The molecule has 0 unspecified atom stereocenters. The van der Waals surface area contributed by atoms with E-state index >= 15 is 0 Å². The van der Waals surface area contributed by atoms with Crippen molar-refractivity contribution in [3.63, 3.8) is 0 Å². The van der Waals surface area contributed by atoms with Gasteiger partial charge in [-0.05, 0) is 51.4 Å². The van der Waals surface area contributed by atoms with Crippen LogP contribution in [0.5, 0.6) is 5.88 Å². The molecule has 2 saturated carbocycles. The lowest BCUT2D eigenvalue weighted by Gasteiger charge is -2.25. The number of aliphatic hydroxyl groups excluding tert-OH is 1. The van der Waals surface area contributed by atoms with Crippen LogP contribution in [0.3, 0.4) is 0 Å². The number of nitrogens with one attached hydrogen (secondary N) is 1. The molecule has 2 N–H and O–H groups in total. The lowest BCUT2D eigenvalue weighted by molar-refractivity contribution is 0.0899. The molecule has 0 bridgehead atoms. The van der Waals surface area contributed by atoms with Gasteiger partial charge in [-0.2, -0.15) is 14.5 Å². The van der Waals surface area contributed by atoms with Gasteiger partial charge < -0.3 is 15.2 Å². The second-order valence-corrected chi connectivity index (χ2v) is 7.30. The fraction of sp³-hybridized carbons (Fsp3) is 0.611. The topological polar surface area (TPSA) is 85.1 Å². The summed E-state index contributed by atoms with van der Waals surface area (Å²) in [5.41, 5.74) is 1.67. The summed E-state index contributed by atoms with van der Waals surface area (Å²) in [5.74, 6) is -0.000225. The summed E-state index contributed by atoms with van der Waals surface area (Å²) in [4.78, 5) is 8.17. The summed E-state index contributed by atoms with van der Waals surface area (Å²) in [6, 6.07) is 0.492. The molecule has 0 atom stereocenters. The van der Waals surface area contributed by atoms with E-state index in [0.29, 0.717) is 24.5 Å². The van der Waals surface area contributed by atoms with E-state index in [-0.39, 0.29) is 12.0 Å². The molecule has 0 radical (unpaired) electrons. The van der Waals surface area contributed by atoms with E-state index in [1.54, 1.807) is 0 Å². The van der Waals surface area contributed by atoms with Crippen LogP contribution in [0.2, 0.25) is 0 Å². The Labute approximate surface area is 151 Å². The predicted octanol–water partition coefficient (Wildman–Crippen LogP) is 3.13. The van der Waals surface area contributed by atoms with Crippen LogP contribution in [0, 0.1) is 18.7 Å². The Morgan fingerprint density at radius 2 is 2.04 bits per heavy atom. The molecule has 0 aliphatic heterocycles. The number of ether oxygens (including phenoxy) is 1. The second-order valence-electron chi connectivity index (χ2n) is 7.30. The fourth-order valence-electron chi connectivity index (χ4n) is 3.27. The van der Waals surface area contributed by atoms with Crippen molar-refractivity contribution in [3.05, 3.63) is 23.9 Å². The number of aryl methyl sites for hydroxylation is 1. The van der Waals surface area contributed by atoms with Crippen LogP contribution in [0.25, 0.3) is 0 Å². The summed E-state index contributed by atoms with van der Waals surface area (Å²) in [5, 5.41) is 17.1. The molecule has 4 rings (SSSR count). The Morgan fingerprint density at radius 1 is 1.27 bits per heavy atom. The van der Waals surface area contributed by atoms with Crippen LogP contribution >= 0.6 is 0 Å². The first kappa shape index (κ1) is 17.2. The molecule has 8 heteroatoms. The molecule has 0 saturated heterocycles. The van der Waals surface area contributed by atoms with Gasteiger partial charge in [0.1, 0.15) is 0 Å². The number of aliphatic hydroxyl groups is 1. The van der Waals surface area contributed by atoms with Crippen molar-refractivity contribution in [2.45, 2.75) is 57.6 Å². The molecule has 140 valence electrons. The van der Waals surface area contributed by atoms with Gasteiger partial charge in [-0.25, -0.2) is 4.98 Å². The number of hydrogen-bond donors (Lipinski definition) is 2. The second kappa shape index (κ2) is 7.19. The first-order chi connectivity index (χ1) is 12.6. The van der Waals surface area contributed by atoms with Gasteiger partial charge in [-0.3, -0.25) is 4.68 Å². The lowest BCUT2D eigenvalue weighted by atomic mass is 9.88. The van der Waals surface area contributed by atoms with E-state index in [0.717, 1.165) is 56.1 Å². The molecule has 2 aliphatic rings. The lowest BCUT2D eigenvalue weighted by Crippen LogP contribution is -2.23. The number of nitrogens with zero attached hydrogens (tertiary/aromatic N) is 4.